The van der Waals surface area contributed by atoms with Gasteiger partial charge in [0.1, 0.15) is 6.07 Å². The molecule has 152 valence electrons. The van der Waals surface area contributed by atoms with E-state index < -0.39 is 5.83 Å². The van der Waals surface area contributed by atoms with E-state index >= 15 is 0 Å². The molecule has 3 heteroatoms. The number of ether oxygens (including phenoxy) is 1. The number of hydrogen-bond donors (Lipinski definition) is 0. The molecule has 0 aromatic heterocycles. The van der Waals surface area contributed by atoms with Crippen molar-refractivity contribution in [1.29, 1.82) is 5.26 Å². The molecule has 1 aliphatic carbocycles. The lowest BCUT2D eigenvalue weighted by atomic mass is 9.84. The highest BCUT2D eigenvalue weighted by atomic mass is 19.1. The number of halogens is 1. The van der Waals surface area contributed by atoms with E-state index in [0.717, 1.165) is 31.6 Å². The summed E-state index contributed by atoms with van der Waals surface area (Å²) in [6.07, 6.45) is 17.0. The van der Waals surface area contributed by atoms with E-state index in [1.54, 1.807) is 6.08 Å². The number of allylic oxidation sites excluding steroid dienone is 4. The van der Waals surface area contributed by atoms with Crippen LogP contribution in [0.1, 0.15) is 75.8 Å². The molecular formula is C25H34FNO. The number of unbranched alkanes of at least 4 members (excludes halogenated alkanes) is 2. The highest BCUT2D eigenvalue weighted by molar-refractivity contribution is 5.22. The minimum atomic E-state index is -0.736. The van der Waals surface area contributed by atoms with Crippen molar-refractivity contribution in [2.75, 3.05) is 0 Å². The number of hydrogen-bond acceptors (Lipinski definition) is 2. The van der Waals surface area contributed by atoms with Crippen molar-refractivity contribution in [1.82, 2.24) is 0 Å². The molecule has 1 fully saturated rings. The van der Waals surface area contributed by atoms with Gasteiger partial charge in [-0.2, -0.15) is 9.65 Å². The van der Waals surface area contributed by atoms with Crippen LogP contribution in [0.5, 0.6) is 0 Å². The zero-order chi connectivity index (χ0) is 20.0. The third kappa shape index (κ3) is 8.85. The summed E-state index contributed by atoms with van der Waals surface area (Å²) in [5.41, 5.74) is 2.70. The maximum atomic E-state index is 12.7. The molecule has 0 unspecified atom stereocenters. The number of nitriles is 1. The Morgan fingerprint density at radius 2 is 1.86 bits per heavy atom. The van der Waals surface area contributed by atoms with E-state index in [-0.39, 0.29) is 0 Å². The molecule has 0 spiro atoms. The van der Waals surface area contributed by atoms with E-state index in [1.807, 2.05) is 6.08 Å². The van der Waals surface area contributed by atoms with E-state index in [9.17, 15) is 4.39 Å². The summed E-state index contributed by atoms with van der Waals surface area (Å²) in [6.45, 7) is 2.95. The van der Waals surface area contributed by atoms with E-state index in [4.69, 9.17) is 10.00 Å². The highest BCUT2D eigenvalue weighted by Crippen LogP contribution is 2.30. The van der Waals surface area contributed by atoms with Crippen LogP contribution in [0.4, 0.5) is 4.39 Å². The van der Waals surface area contributed by atoms with Gasteiger partial charge in [-0.3, -0.25) is 0 Å². The molecule has 0 heterocycles. The van der Waals surface area contributed by atoms with Gasteiger partial charge in [0, 0.05) is 0 Å². The number of benzene rings is 1. The Balaban J connectivity index is 1.60. The summed E-state index contributed by atoms with van der Waals surface area (Å²) in [6, 6.07) is 10.4. The Bertz CT molecular complexity index is 648. The van der Waals surface area contributed by atoms with E-state index in [2.05, 4.69) is 31.2 Å². The SMILES string of the molecule is CCCCCc1ccc(COC2CCC(CCC=CC=C(F)C#N)CC2)cc1. The van der Waals surface area contributed by atoms with Crippen LogP contribution in [0, 0.1) is 17.2 Å². The molecule has 0 aliphatic heterocycles. The monoisotopic (exact) mass is 383 g/mol. The summed E-state index contributed by atoms with van der Waals surface area (Å²) in [4.78, 5) is 0. The van der Waals surface area contributed by atoms with Gasteiger partial charge >= 0.3 is 0 Å². The third-order valence-electron chi connectivity index (χ3n) is 5.60. The normalized spacial score (nSPS) is 20.4. The van der Waals surface area contributed by atoms with Gasteiger partial charge in [0.05, 0.1) is 12.7 Å². The minimum Gasteiger partial charge on any atom is -0.374 e. The van der Waals surface area contributed by atoms with Gasteiger partial charge in [0.25, 0.3) is 0 Å². The fourth-order valence-corrected chi connectivity index (χ4v) is 3.80. The smallest absolute Gasteiger partial charge is 0.199 e. The highest BCUT2D eigenvalue weighted by Gasteiger charge is 2.21. The standard InChI is InChI=1S/C25H34FNO/c1-2-3-5-8-21-11-13-23(14-12-21)20-28-25-17-15-22(16-18-25)9-6-4-7-10-24(26)19-27/h4,7,10-14,22,25H,2-3,5-6,8-9,15-18,20H2,1H3. The molecule has 0 radical (unpaired) electrons. The molecule has 0 saturated heterocycles. The largest absolute Gasteiger partial charge is 0.374 e. The molecule has 1 aliphatic rings. The van der Waals surface area contributed by atoms with Crippen molar-refractivity contribution in [2.45, 2.75) is 83.8 Å². The summed E-state index contributed by atoms with van der Waals surface area (Å²) in [7, 11) is 0. The van der Waals surface area contributed by atoms with Crippen LogP contribution in [-0.4, -0.2) is 6.10 Å². The van der Waals surface area contributed by atoms with Crippen LogP contribution < -0.4 is 0 Å². The van der Waals surface area contributed by atoms with Crippen LogP contribution in [0.3, 0.4) is 0 Å². The van der Waals surface area contributed by atoms with Crippen LogP contribution in [0.15, 0.2) is 48.3 Å². The van der Waals surface area contributed by atoms with E-state index in [1.165, 1.54) is 61.8 Å². The second kappa shape index (κ2) is 13.3. The van der Waals surface area contributed by atoms with Crippen molar-refractivity contribution in [3.8, 4) is 6.07 Å². The topological polar surface area (TPSA) is 33.0 Å². The number of rotatable bonds is 11. The Morgan fingerprint density at radius 3 is 2.54 bits per heavy atom. The van der Waals surface area contributed by atoms with E-state index in [0.29, 0.717) is 12.7 Å². The fourth-order valence-electron chi connectivity index (χ4n) is 3.80. The molecule has 0 atom stereocenters. The molecule has 1 saturated carbocycles. The lowest BCUT2D eigenvalue weighted by Gasteiger charge is -2.28. The molecule has 28 heavy (non-hydrogen) atoms. The molecule has 0 bridgehead atoms. The molecular weight excluding hydrogens is 349 g/mol. The van der Waals surface area contributed by atoms with Gasteiger partial charge in [0.2, 0.25) is 0 Å². The first-order chi connectivity index (χ1) is 13.7. The molecule has 2 rings (SSSR count). The maximum absolute atomic E-state index is 12.7. The van der Waals surface area contributed by atoms with Crippen molar-refractivity contribution < 1.29 is 9.13 Å². The Hall–Kier alpha value is -1.92. The predicted molar refractivity (Wildman–Crippen MR) is 113 cm³/mol. The number of nitrogens with zero attached hydrogens (tertiary/aromatic N) is 1. The Morgan fingerprint density at radius 1 is 1.14 bits per heavy atom. The third-order valence-corrected chi connectivity index (χ3v) is 5.60. The predicted octanol–water partition coefficient (Wildman–Crippen LogP) is 7.21. The summed E-state index contributed by atoms with van der Waals surface area (Å²) >= 11 is 0. The van der Waals surface area contributed by atoms with Gasteiger partial charge in [0.15, 0.2) is 5.83 Å². The van der Waals surface area contributed by atoms with Gasteiger partial charge in [-0.15, -0.1) is 0 Å². The average Bonchev–Trinajstić information content (AvgIpc) is 2.74. The quantitative estimate of drug-likeness (QED) is 0.230. The lowest BCUT2D eigenvalue weighted by molar-refractivity contribution is 0.00646. The first-order valence-electron chi connectivity index (χ1n) is 10.8. The first-order valence-corrected chi connectivity index (χ1v) is 10.8. The second-order valence-corrected chi connectivity index (χ2v) is 7.86. The van der Waals surface area contributed by atoms with Crippen LogP contribution in [0.2, 0.25) is 0 Å². The molecule has 2 nitrogen and oxygen atoms in total. The van der Waals surface area contributed by atoms with Crippen LogP contribution in [0.25, 0.3) is 0 Å². The molecule has 1 aromatic rings. The molecule has 0 N–H and O–H groups in total. The average molecular weight is 384 g/mol. The second-order valence-electron chi connectivity index (χ2n) is 7.86. The Kier molecular flexibility index (Phi) is 10.6. The molecule has 0 amide bonds. The van der Waals surface area contributed by atoms with Crippen LogP contribution >= 0.6 is 0 Å². The van der Waals surface area contributed by atoms with Crippen molar-refractivity contribution in [3.05, 3.63) is 59.4 Å². The maximum Gasteiger partial charge on any atom is 0.199 e. The molecule has 1 aromatic carbocycles. The first kappa shape index (κ1) is 22.4. The summed E-state index contributed by atoms with van der Waals surface area (Å²) < 4.78 is 18.8. The van der Waals surface area contributed by atoms with Crippen molar-refractivity contribution in [3.63, 3.8) is 0 Å². The lowest BCUT2D eigenvalue weighted by Crippen LogP contribution is -2.21. The number of aryl methyl sites for hydroxylation is 1. The van der Waals surface area contributed by atoms with Crippen LogP contribution in [-0.2, 0) is 17.8 Å². The minimum absolute atomic E-state index is 0.378. The zero-order valence-corrected chi connectivity index (χ0v) is 17.2. The fraction of sp³-hybridized carbons (Fsp3) is 0.560. The van der Waals surface area contributed by atoms with Crippen molar-refractivity contribution in [2.24, 2.45) is 5.92 Å². The summed E-state index contributed by atoms with van der Waals surface area (Å²) in [5.74, 6) is -0.00302. The van der Waals surface area contributed by atoms with Gasteiger partial charge in [-0.25, -0.2) is 0 Å². The van der Waals surface area contributed by atoms with Crippen molar-refractivity contribution >= 4 is 0 Å². The van der Waals surface area contributed by atoms with Gasteiger partial charge < -0.3 is 4.74 Å². The summed E-state index contributed by atoms with van der Waals surface area (Å²) in [5, 5.41) is 8.35. The Labute approximate surface area is 170 Å². The van der Waals surface area contributed by atoms with Gasteiger partial charge in [-0.05, 0) is 74.5 Å². The zero-order valence-electron chi connectivity index (χ0n) is 17.2. The van der Waals surface area contributed by atoms with Gasteiger partial charge in [-0.1, -0.05) is 56.2 Å².